The number of para-hydroxylation sites is 2. The van der Waals surface area contributed by atoms with Crippen LogP contribution in [0.15, 0.2) is 96.0 Å². The molecule has 3 aromatic carbocycles. The number of ether oxygens (including phenoxy) is 1. The molecular weight excluding hydrogens is 450 g/mol. The Morgan fingerprint density at radius 3 is 2.47 bits per heavy atom. The van der Waals surface area contributed by atoms with Gasteiger partial charge in [0.15, 0.2) is 0 Å². The van der Waals surface area contributed by atoms with Crippen LogP contribution in [0.25, 0.3) is 10.9 Å². The average molecular weight is 476 g/mol. The molecule has 8 heteroatoms. The highest BCUT2D eigenvalue weighted by molar-refractivity contribution is 7.89. The number of aromatic nitrogens is 1. The summed E-state index contributed by atoms with van der Waals surface area (Å²) in [5.41, 5.74) is 1.97. The Kier molecular flexibility index (Phi) is 7.20. The van der Waals surface area contributed by atoms with Gasteiger partial charge in [-0.25, -0.2) is 8.42 Å². The Hall–Kier alpha value is -3.75. The zero-order valence-electron chi connectivity index (χ0n) is 18.6. The Morgan fingerprint density at radius 2 is 1.68 bits per heavy atom. The first-order valence-electron chi connectivity index (χ1n) is 10.8. The largest absolute Gasteiger partial charge is 0.496 e. The van der Waals surface area contributed by atoms with Gasteiger partial charge < -0.3 is 10.1 Å². The van der Waals surface area contributed by atoms with Crippen LogP contribution in [-0.4, -0.2) is 32.5 Å². The number of pyridine rings is 1. The lowest BCUT2D eigenvalue weighted by atomic mass is 10.1. The maximum atomic E-state index is 13.4. The molecule has 1 aromatic heterocycles. The van der Waals surface area contributed by atoms with Crippen LogP contribution >= 0.6 is 0 Å². The molecule has 34 heavy (non-hydrogen) atoms. The molecule has 1 unspecified atom stereocenters. The van der Waals surface area contributed by atoms with Crippen LogP contribution in [0, 0.1) is 0 Å². The molecule has 1 amide bonds. The van der Waals surface area contributed by atoms with Crippen LogP contribution in [0.5, 0.6) is 5.75 Å². The van der Waals surface area contributed by atoms with E-state index in [1.165, 1.54) is 6.07 Å². The van der Waals surface area contributed by atoms with Gasteiger partial charge in [0, 0.05) is 23.7 Å². The lowest BCUT2D eigenvalue weighted by molar-refractivity contribution is -0.122. The van der Waals surface area contributed by atoms with Gasteiger partial charge in [-0.15, -0.1) is 0 Å². The fourth-order valence-electron chi connectivity index (χ4n) is 3.74. The molecule has 1 atom stereocenters. The van der Waals surface area contributed by atoms with E-state index in [-0.39, 0.29) is 17.9 Å². The molecule has 0 spiro atoms. The third-order valence-corrected chi connectivity index (χ3v) is 6.93. The van der Waals surface area contributed by atoms with Crippen molar-refractivity contribution >= 4 is 26.8 Å². The van der Waals surface area contributed by atoms with Crippen molar-refractivity contribution in [3.63, 3.8) is 0 Å². The molecule has 1 heterocycles. The summed E-state index contributed by atoms with van der Waals surface area (Å²) in [5, 5.41) is 3.54. The van der Waals surface area contributed by atoms with E-state index in [9.17, 15) is 13.2 Å². The highest BCUT2D eigenvalue weighted by Crippen LogP contribution is 2.21. The first-order chi connectivity index (χ1) is 16.5. The smallest absolute Gasteiger partial charge is 0.243 e. The fourth-order valence-corrected chi connectivity index (χ4v) is 5.11. The summed E-state index contributed by atoms with van der Waals surface area (Å²) in [7, 11) is -2.48. The van der Waals surface area contributed by atoms with Crippen LogP contribution in [0.3, 0.4) is 0 Å². The Bertz CT molecular complexity index is 1390. The van der Waals surface area contributed by atoms with Gasteiger partial charge in [0.2, 0.25) is 15.9 Å². The molecule has 4 rings (SSSR count). The number of rotatable bonds is 9. The molecule has 7 nitrogen and oxygen atoms in total. The summed E-state index contributed by atoms with van der Waals surface area (Å²) >= 11 is 0. The SMILES string of the molecule is COc1ccccc1CNC(=O)C(Cc1ccccc1)NS(=O)(=O)c1cccc2cccnc12. The lowest BCUT2D eigenvalue weighted by Gasteiger charge is -2.20. The number of carbonyl (C=O) groups excluding carboxylic acids is 1. The van der Waals surface area contributed by atoms with Crippen LogP contribution in [0.4, 0.5) is 0 Å². The highest BCUT2D eigenvalue weighted by atomic mass is 32.2. The van der Waals surface area contributed by atoms with E-state index < -0.39 is 22.0 Å². The van der Waals surface area contributed by atoms with Gasteiger partial charge in [0.1, 0.15) is 16.7 Å². The van der Waals surface area contributed by atoms with Crippen molar-refractivity contribution in [3.05, 3.63) is 102 Å². The van der Waals surface area contributed by atoms with Gasteiger partial charge in [-0.3, -0.25) is 9.78 Å². The second-order valence-corrected chi connectivity index (χ2v) is 9.41. The molecule has 2 N–H and O–H groups in total. The second-order valence-electron chi connectivity index (χ2n) is 7.72. The predicted octanol–water partition coefficient (Wildman–Crippen LogP) is 3.45. The topological polar surface area (TPSA) is 97.4 Å². The van der Waals surface area contributed by atoms with Gasteiger partial charge in [0.05, 0.1) is 12.6 Å². The fraction of sp³-hybridized carbons (Fsp3) is 0.154. The third kappa shape index (κ3) is 5.41. The van der Waals surface area contributed by atoms with E-state index >= 15 is 0 Å². The summed E-state index contributed by atoms with van der Waals surface area (Å²) in [4.78, 5) is 17.5. The average Bonchev–Trinajstić information content (AvgIpc) is 2.87. The number of hydrogen-bond acceptors (Lipinski definition) is 5. The monoisotopic (exact) mass is 475 g/mol. The number of carbonyl (C=O) groups is 1. The number of hydrogen-bond donors (Lipinski definition) is 2. The van der Waals surface area contributed by atoms with E-state index in [1.54, 1.807) is 43.6 Å². The molecule has 0 radical (unpaired) electrons. The van der Waals surface area contributed by atoms with Crippen LogP contribution in [0.2, 0.25) is 0 Å². The van der Waals surface area contributed by atoms with Crippen molar-refractivity contribution in [1.82, 2.24) is 15.0 Å². The number of methoxy groups -OCH3 is 1. The summed E-state index contributed by atoms with van der Waals surface area (Å²) in [6.45, 7) is 0.200. The summed E-state index contributed by atoms with van der Waals surface area (Å²) < 4.78 is 34.7. The number of fused-ring (bicyclic) bond motifs is 1. The Labute approximate surface area is 198 Å². The van der Waals surface area contributed by atoms with E-state index in [0.717, 1.165) is 11.1 Å². The van der Waals surface area contributed by atoms with Crippen molar-refractivity contribution < 1.29 is 17.9 Å². The van der Waals surface area contributed by atoms with Gasteiger partial charge in [-0.05, 0) is 30.2 Å². The first-order valence-corrected chi connectivity index (χ1v) is 12.3. The van der Waals surface area contributed by atoms with Crippen LogP contribution in [0.1, 0.15) is 11.1 Å². The van der Waals surface area contributed by atoms with Crippen molar-refractivity contribution in [3.8, 4) is 5.75 Å². The molecule has 0 saturated heterocycles. The minimum atomic E-state index is -4.05. The maximum absolute atomic E-state index is 13.4. The zero-order valence-corrected chi connectivity index (χ0v) is 19.5. The molecule has 0 bridgehead atoms. The standard InChI is InChI=1S/C26H25N3O4S/c1-33-23-14-6-5-11-21(23)18-28-26(30)22(17-19-9-3-2-4-10-19)29-34(31,32)24-15-7-12-20-13-8-16-27-25(20)24/h2-16,22,29H,17-18H2,1H3,(H,28,30). The number of nitrogens with one attached hydrogen (secondary N) is 2. The van der Waals surface area contributed by atoms with Crippen molar-refractivity contribution in [1.29, 1.82) is 0 Å². The van der Waals surface area contributed by atoms with Crippen molar-refractivity contribution in [2.45, 2.75) is 23.9 Å². The summed E-state index contributed by atoms with van der Waals surface area (Å²) in [6, 6.07) is 24.1. The molecule has 0 aliphatic rings. The number of benzene rings is 3. The molecule has 0 aliphatic carbocycles. The molecule has 174 valence electrons. The molecular formula is C26H25N3O4S. The van der Waals surface area contributed by atoms with E-state index in [0.29, 0.717) is 16.7 Å². The molecule has 4 aromatic rings. The quantitative estimate of drug-likeness (QED) is 0.387. The van der Waals surface area contributed by atoms with Crippen molar-refractivity contribution in [2.75, 3.05) is 7.11 Å². The molecule has 0 saturated carbocycles. The van der Waals surface area contributed by atoms with Crippen LogP contribution in [-0.2, 0) is 27.8 Å². The van der Waals surface area contributed by atoms with E-state index in [2.05, 4.69) is 15.0 Å². The zero-order chi connectivity index (χ0) is 24.0. The van der Waals surface area contributed by atoms with E-state index in [4.69, 9.17) is 4.74 Å². The van der Waals surface area contributed by atoms with Gasteiger partial charge in [-0.1, -0.05) is 66.7 Å². The first kappa shape index (κ1) is 23.4. The minimum absolute atomic E-state index is 0.0289. The lowest BCUT2D eigenvalue weighted by Crippen LogP contribution is -2.47. The number of amides is 1. The summed E-state index contributed by atoms with van der Waals surface area (Å²) in [6.07, 6.45) is 1.73. The maximum Gasteiger partial charge on any atom is 0.243 e. The van der Waals surface area contributed by atoms with Crippen molar-refractivity contribution in [2.24, 2.45) is 0 Å². The predicted molar refractivity (Wildman–Crippen MR) is 131 cm³/mol. The highest BCUT2D eigenvalue weighted by Gasteiger charge is 2.27. The van der Waals surface area contributed by atoms with Crippen LogP contribution < -0.4 is 14.8 Å². The summed E-state index contributed by atoms with van der Waals surface area (Å²) in [5.74, 6) is 0.205. The normalized spacial score (nSPS) is 12.3. The second kappa shape index (κ2) is 10.5. The molecule has 0 aliphatic heterocycles. The van der Waals surface area contributed by atoms with Gasteiger partial charge >= 0.3 is 0 Å². The van der Waals surface area contributed by atoms with Gasteiger partial charge in [0.25, 0.3) is 0 Å². The minimum Gasteiger partial charge on any atom is -0.496 e. The van der Waals surface area contributed by atoms with E-state index in [1.807, 2.05) is 48.5 Å². The Balaban J connectivity index is 1.61. The number of nitrogens with zero attached hydrogens (tertiary/aromatic N) is 1. The third-order valence-electron chi connectivity index (χ3n) is 5.43. The molecule has 0 fully saturated rings. The van der Waals surface area contributed by atoms with Gasteiger partial charge in [-0.2, -0.15) is 4.72 Å². The Morgan fingerprint density at radius 1 is 0.941 bits per heavy atom. The number of sulfonamides is 1.